The summed E-state index contributed by atoms with van der Waals surface area (Å²) >= 11 is 0. The van der Waals surface area contributed by atoms with Crippen molar-refractivity contribution >= 4 is 0 Å². The smallest absolute Gasteiger partial charge is 0.121 e. The first kappa shape index (κ1) is 20.0. The molecular weight excluding hydrogens is 388 g/mol. The lowest BCUT2D eigenvalue weighted by molar-refractivity contribution is 0.514. The molecule has 32 heavy (non-hydrogen) atoms. The van der Waals surface area contributed by atoms with Gasteiger partial charge in [0.05, 0.1) is 12.0 Å². The Kier molecular flexibility index (Phi) is 5.67. The minimum Gasteiger partial charge on any atom is -0.319 e. The molecule has 0 fully saturated rings. The number of rotatable bonds is 7. The first-order valence-corrected chi connectivity index (χ1v) is 11.1. The van der Waals surface area contributed by atoms with E-state index in [-0.39, 0.29) is 0 Å². The van der Waals surface area contributed by atoms with Crippen LogP contribution in [0.25, 0.3) is 0 Å². The third-order valence-electron chi connectivity index (χ3n) is 6.11. The van der Waals surface area contributed by atoms with Crippen LogP contribution in [0, 0.1) is 0 Å². The summed E-state index contributed by atoms with van der Waals surface area (Å²) < 4.78 is 2.29. The quantitative estimate of drug-likeness (QED) is 0.278. The molecule has 1 heterocycles. The average Bonchev–Trinajstić information content (AvgIpc) is 3.35. The Hall–Kier alpha value is -3.91. The van der Waals surface area contributed by atoms with Crippen LogP contribution in [0.15, 0.2) is 134 Å². The number of hydrogen-bond acceptors (Lipinski definition) is 1. The molecule has 0 spiro atoms. The van der Waals surface area contributed by atoms with E-state index in [2.05, 4.69) is 132 Å². The molecule has 0 aliphatic rings. The third-order valence-corrected chi connectivity index (χ3v) is 6.11. The van der Waals surface area contributed by atoms with Crippen molar-refractivity contribution in [2.45, 2.75) is 18.4 Å². The van der Waals surface area contributed by atoms with Gasteiger partial charge in [-0.3, -0.25) is 0 Å². The number of aryl methyl sites for hydroxylation is 2. The van der Waals surface area contributed by atoms with Gasteiger partial charge >= 0.3 is 0 Å². The number of aromatic nitrogens is 2. The zero-order valence-corrected chi connectivity index (χ0v) is 18.0. The van der Waals surface area contributed by atoms with Gasteiger partial charge in [-0.05, 0) is 35.1 Å². The van der Waals surface area contributed by atoms with Crippen LogP contribution >= 0.6 is 0 Å². The van der Waals surface area contributed by atoms with E-state index in [1.54, 1.807) is 0 Å². The van der Waals surface area contributed by atoms with Crippen molar-refractivity contribution in [3.05, 3.63) is 162 Å². The first-order valence-electron chi connectivity index (χ1n) is 11.1. The molecule has 5 aromatic rings. The number of nitrogens with zero attached hydrogens (tertiary/aromatic N) is 2. The summed E-state index contributed by atoms with van der Waals surface area (Å²) in [7, 11) is 0. The van der Waals surface area contributed by atoms with E-state index in [1.807, 2.05) is 6.33 Å². The van der Waals surface area contributed by atoms with E-state index in [1.165, 1.54) is 22.3 Å². The fourth-order valence-corrected chi connectivity index (χ4v) is 4.58. The average molecular weight is 415 g/mol. The van der Waals surface area contributed by atoms with Crippen LogP contribution in [0.2, 0.25) is 0 Å². The normalized spacial score (nSPS) is 11.4. The molecule has 0 aliphatic heterocycles. The Balaban J connectivity index is 1.65. The van der Waals surface area contributed by atoms with Gasteiger partial charge in [-0.15, -0.1) is 0 Å². The Morgan fingerprint density at radius 1 is 0.531 bits per heavy atom. The molecule has 0 amide bonds. The zero-order chi connectivity index (χ0) is 21.6. The highest BCUT2D eigenvalue weighted by molar-refractivity contribution is 5.50. The van der Waals surface area contributed by atoms with E-state index in [0.29, 0.717) is 0 Å². The SMILES string of the molecule is c1ccc(CCc2cn(C(c3ccccc3)(c3ccccc3)c3ccccc3)cn2)cc1. The van der Waals surface area contributed by atoms with Gasteiger partial charge in [-0.2, -0.15) is 0 Å². The number of imidazole rings is 1. The van der Waals surface area contributed by atoms with Gasteiger partial charge in [-0.1, -0.05) is 121 Å². The highest BCUT2D eigenvalue weighted by atomic mass is 15.1. The predicted molar refractivity (Wildman–Crippen MR) is 131 cm³/mol. The lowest BCUT2D eigenvalue weighted by Crippen LogP contribution is -2.36. The monoisotopic (exact) mass is 414 g/mol. The van der Waals surface area contributed by atoms with Crippen LogP contribution in [-0.4, -0.2) is 9.55 Å². The van der Waals surface area contributed by atoms with E-state index in [0.717, 1.165) is 18.5 Å². The second kappa shape index (κ2) is 9.07. The summed E-state index contributed by atoms with van der Waals surface area (Å²) in [6.07, 6.45) is 6.10. The molecule has 0 N–H and O–H groups in total. The Morgan fingerprint density at radius 3 is 1.44 bits per heavy atom. The molecule has 2 heteroatoms. The molecule has 0 radical (unpaired) electrons. The minimum atomic E-state index is -0.498. The van der Waals surface area contributed by atoms with Gasteiger partial charge in [0.15, 0.2) is 0 Å². The van der Waals surface area contributed by atoms with Crippen molar-refractivity contribution in [2.24, 2.45) is 0 Å². The summed E-state index contributed by atoms with van der Waals surface area (Å²) in [6, 6.07) is 42.8. The fraction of sp³-hybridized carbons (Fsp3) is 0.100. The van der Waals surface area contributed by atoms with Crippen molar-refractivity contribution < 1.29 is 0 Å². The maximum Gasteiger partial charge on any atom is 0.121 e. The van der Waals surface area contributed by atoms with Gasteiger partial charge in [0, 0.05) is 6.20 Å². The predicted octanol–water partition coefficient (Wildman–Crippen LogP) is 6.51. The molecule has 0 saturated carbocycles. The summed E-state index contributed by atoms with van der Waals surface area (Å²) in [4.78, 5) is 4.84. The molecule has 0 saturated heterocycles. The van der Waals surface area contributed by atoms with E-state index < -0.39 is 5.54 Å². The second-order valence-electron chi connectivity index (χ2n) is 8.07. The molecule has 5 rings (SSSR count). The Labute approximate surface area is 189 Å². The van der Waals surface area contributed by atoms with Crippen molar-refractivity contribution in [1.29, 1.82) is 0 Å². The van der Waals surface area contributed by atoms with Crippen LogP contribution in [0.3, 0.4) is 0 Å². The Morgan fingerprint density at radius 2 is 0.969 bits per heavy atom. The highest BCUT2D eigenvalue weighted by Gasteiger charge is 2.38. The van der Waals surface area contributed by atoms with Crippen LogP contribution in [0.1, 0.15) is 27.9 Å². The van der Waals surface area contributed by atoms with Gasteiger partial charge in [0.25, 0.3) is 0 Å². The second-order valence-corrected chi connectivity index (χ2v) is 8.07. The van der Waals surface area contributed by atoms with Crippen LogP contribution in [-0.2, 0) is 18.4 Å². The summed E-state index contributed by atoms with van der Waals surface area (Å²) in [5, 5.41) is 0. The molecule has 0 atom stereocenters. The van der Waals surface area contributed by atoms with Gasteiger partial charge in [0.2, 0.25) is 0 Å². The molecule has 1 aromatic heterocycles. The molecular formula is C30H26N2. The van der Waals surface area contributed by atoms with Gasteiger partial charge < -0.3 is 4.57 Å². The maximum absolute atomic E-state index is 4.84. The summed E-state index contributed by atoms with van der Waals surface area (Å²) in [5.41, 5.74) is 5.57. The minimum absolute atomic E-state index is 0.498. The summed E-state index contributed by atoms with van der Waals surface area (Å²) in [5.74, 6) is 0. The molecule has 0 aliphatic carbocycles. The third kappa shape index (κ3) is 3.76. The van der Waals surface area contributed by atoms with Crippen molar-refractivity contribution in [1.82, 2.24) is 9.55 Å². The van der Waals surface area contributed by atoms with E-state index in [9.17, 15) is 0 Å². The number of hydrogen-bond donors (Lipinski definition) is 0. The standard InChI is InChI=1S/C30H26N2/c1-5-13-25(14-6-1)21-22-29-23-32(24-31-29)30(26-15-7-2-8-16-26,27-17-9-3-10-18-27)28-19-11-4-12-20-28/h1-20,23-24H,21-22H2. The highest BCUT2D eigenvalue weighted by Crippen LogP contribution is 2.40. The molecule has 0 unspecified atom stereocenters. The molecule has 0 bridgehead atoms. The molecule has 156 valence electrons. The van der Waals surface area contributed by atoms with Crippen molar-refractivity contribution in [2.75, 3.05) is 0 Å². The molecule has 2 nitrogen and oxygen atoms in total. The van der Waals surface area contributed by atoms with E-state index in [4.69, 9.17) is 4.98 Å². The Bertz CT molecular complexity index is 1150. The van der Waals surface area contributed by atoms with Crippen LogP contribution < -0.4 is 0 Å². The lowest BCUT2D eigenvalue weighted by atomic mass is 9.77. The number of benzene rings is 4. The van der Waals surface area contributed by atoms with E-state index >= 15 is 0 Å². The van der Waals surface area contributed by atoms with Crippen molar-refractivity contribution in [3.63, 3.8) is 0 Å². The lowest BCUT2D eigenvalue weighted by Gasteiger charge is -2.37. The largest absolute Gasteiger partial charge is 0.319 e. The summed E-state index contributed by atoms with van der Waals surface area (Å²) in [6.45, 7) is 0. The fourth-order valence-electron chi connectivity index (χ4n) is 4.58. The van der Waals surface area contributed by atoms with Crippen LogP contribution in [0.5, 0.6) is 0 Å². The topological polar surface area (TPSA) is 17.8 Å². The zero-order valence-electron chi connectivity index (χ0n) is 18.0. The first-order chi connectivity index (χ1) is 15.9. The van der Waals surface area contributed by atoms with Gasteiger partial charge in [-0.25, -0.2) is 4.98 Å². The van der Waals surface area contributed by atoms with Gasteiger partial charge in [0.1, 0.15) is 5.54 Å². The molecule has 4 aromatic carbocycles. The van der Waals surface area contributed by atoms with Crippen molar-refractivity contribution in [3.8, 4) is 0 Å². The van der Waals surface area contributed by atoms with Crippen LogP contribution in [0.4, 0.5) is 0 Å². The maximum atomic E-state index is 4.84.